The fraction of sp³-hybridized carbons (Fsp3) is 0.417. The molecule has 1 unspecified atom stereocenters. The van der Waals surface area contributed by atoms with Crippen LogP contribution in [-0.2, 0) is 0 Å². The molecular formula is C12H16ClN3OS. The smallest absolute Gasteiger partial charge is 0.250 e. The van der Waals surface area contributed by atoms with E-state index in [1.54, 1.807) is 12.1 Å². The predicted molar refractivity (Wildman–Crippen MR) is 78.5 cm³/mol. The molecule has 98 valence electrons. The average molecular weight is 286 g/mol. The van der Waals surface area contributed by atoms with Gasteiger partial charge in [0.2, 0.25) is 0 Å². The van der Waals surface area contributed by atoms with Crippen LogP contribution in [0.4, 0.5) is 11.4 Å². The van der Waals surface area contributed by atoms with Gasteiger partial charge in [-0.1, -0.05) is 18.5 Å². The Morgan fingerprint density at radius 1 is 1.56 bits per heavy atom. The maximum Gasteiger partial charge on any atom is 0.250 e. The van der Waals surface area contributed by atoms with Crippen LogP contribution in [0.2, 0.25) is 5.02 Å². The summed E-state index contributed by atoms with van der Waals surface area (Å²) < 4.78 is 0. The molecule has 1 heterocycles. The van der Waals surface area contributed by atoms with Crippen molar-refractivity contribution < 1.29 is 4.79 Å². The van der Waals surface area contributed by atoms with Crippen LogP contribution in [-0.4, -0.2) is 30.0 Å². The van der Waals surface area contributed by atoms with Crippen LogP contribution in [0.5, 0.6) is 0 Å². The number of amides is 1. The first-order valence-electron chi connectivity index (χ1n) is 5.74. The van der Waals surface area contributed by atoms with Gasteiger partial charge < -0.3 is 16.4 Å². The highest BCUT2D eigenvalue weighted by Crippen LogP contribution is 2.34. The lowest BCUT2D eigenvalue weighted by Crippen LogP contribution is -2.38. The van der Waals surface area contributed by atoms with Crippen LogP contribution >= 0.6 is 23.4 Å². The van der Waals surface area contributed by atoms with Gasteiger partial charge in [0.25, 0.3) is 5.91 Å². The summed E-state index contributed by atoms with van der Waals surface area (Å²) in [5.41, 5.74) is 12.7. The van der Waals surface area contributed by atoms with Crippen LogP contribution < -0.4 is 16.4 Å². The Morgan fingerprint density at radius 3 is 2.89 bits per heavy atom. The molecule has 18 heavy (non-hydrogen) atoms. The normalized spacial score (nSPS) is 19.9. The number of thioether (sulfide) groups is 1. The van der Waals surface area contributed by atoms with Crippen LogP contribution in [0.15, 0.2) is 12.1 Å². The molecule has 1 aliphatic rings. The molecule has 1 atom stereocenters. The zero-order valence-electron chi connectivity index (χ0n) is 10.1. The summed E-state index contributed by atoms with van der Waals surface area (Å²) in [6.07, 6.45) is 0. The van der Waals surface area contributed by atoms with Gasteiger partial charge in [-0.2, -0.15) is 11.8 Å². The number of nitrogens with two attached hydrogens (primary N) is 2. The van der Waals surface area contributed by atoms with Crippen molar-refractivity contribution in [3.63, 3.8) is 0 Å². The second-order valence-electron chi connectivity index (χ2n) is 4.39. The molecule has 0 radical (unpaired) electrons. The minimum Gasteiger partial charge on any atom is -0.399 e. The van der Waals surface area contributed by atoms with Crippen molar-refractivity contribution >= 4 is 40.6 Å². The molecule has 0 spiro atoms. The van der Waals surface area contributed by atoms with E-state index in [2.05, 4.69) is 11.8 Å². The Bertz CT molecular complexity index is 481. The SMILES string of the molecule is CC1CN(c2c(Cl)cc(N)cc2C(N)=O)CCS1. The predicted octanol–water partition coefficient (Wildman–Crippen LogP) is 1.96. The fourth-order valence-corrected chi connectivity index (χ4v) is 3.51. The highest BCUT2D eigenvalue weighted by Gasteiger charge is 2.23. The minimum absolute atomic E-state index is 0.402. The number of anilines is 2. The number of carbonyl (C=O) groups excluding carboxylic acids is 1. The Balaban J connectivity index is 2.45. The molecule has 0 aliphatic carbocycles. The zero-order chi connectivity index (χ0) is 13.3. The molecule has 0 aromatic heterocycles. The van der Waals surface area contributed by atoms with E-state index in [0.29, 0.717) is 27.2 Å². The van der Waals surface area contributed by atoms with E-state index in [9.17, 15) is 4.79 Å². The van der Waals surface area contributed by atoms with Crippen molar-refractivity contribution in [1.29, 1.82) is 0 Å². The Kier molecular flexibility index (Phi) is 3.92. The molecule has 1 aromatic carbocycles. The summed E-state index contributed by atoms with van der Waals surface area (Å²) in [5.74, 6) is 0.519. The van der Waals surface area contributed by atoms with Crippen molar-refractivity contribution in [2.24, 2.45) is 5.73 Å². The Morgan fingerprint density at radius 2 is 2.28 bits per heavy atom. The standard InChI is InChI=1S/C12H16ClN3OS/c1-7-6-16(2-3-18-7)11-9(12(15)17)4-8(14)5-10(11)13/h4-5,7H,2-3,6,14H2,1H3,(H2,15,17). The van der Waals surface area contributed by atoms with Crippen molar-refractivity contribution in [3.05, 3.63) is 22.7 Å². The van der Waals surface area contributed by atoms with Crippen LogP contribution in [0.1, 0.15) is 17.3 Å². The summed E-state index contributed by atoms with van der Waals surface area (Å²) in [4.78, 5) is 13.6. The zero-order valence-corrected chi connectivity index (χ0v) is 11.7. The molecule has 1 amide bonds. The van der Waals surface area contributed by atoms with E-state index < -0.39 is 5.91 Å². The van der Waals surface area contributed by atoms with E-state index in [1.165, 1.54) is 0 Å². The van der Waals surface area contributed by atoms with Gasteiger partial charge in [0.05, 0.1) is 16.3 Å². The lowest BCUT2D eigenvalue weighted by atomic mass is 10.1. The summed E-state index contributed by atoms with van der Waals surface area (Å²) >= 11 is 8.14. The summed E-state index contributed by atoms with van der Waals surface area (Å²) in [6.45, 7) is 3.87. The third-order valence-corrected chi connectivity index (χ3v) is 4.33. The molecular weight excluding hydrogens is 270 g/mol. The first-order chi connectivity index (χ1) is 8.49. The number of nitrogens with zero attached hydrogens (tertiary/aromatic N) is 1. The number of nitrogen functional groups attached to an aromatic ring is 1. The van der Waals surface area contributed by atoms with Crippen LogP contribution in [0.3, 0.4) is 0 Å². The molecule has 6 heteroatoms. The number of primary amides is 1. The molecule has 1 aliphatic heterocycles. The van der Waals surface area contributed by atoms with Gasteiger partial charge in [-0.25, -0.2) is 0 Å². The molecule has 1 aromatic rings. The number of rotatable bonds is 2. The Labute approximate surface area is 116 Å². The summed E-state index contributed by atoms with van der Waals surface area (Å²) in [5, 5.41) is 0.996. The minimum atomic E-state index is -0.495. The average Bonchev–Trinajstić information content (AvgIpc) is 2.27. The second kappa shape index (κ2) is 5.28. The van der Waals surface area contributed by atoms with E-state index in [0.717, 1.165) is 18.8 Å². The summed E-state index contributed by atoms with van der Waals surface area (Å²) in [7, 11) is 0. The quantitative estimate of drug-likeness (QED) is 0.815. The monoisotopic (exact) mass is 285 g/mol. The third-order valence-electron chi connectivity index (χ3n) is 2.91. The number of hydrogen-bond donors (Lipinski definition) is 2. The maximum atomic E-state index is 11.5. The van der Waals surface area contributed by atoms with Gasteiger partial charge in [0.1, 0.15) is 0 Å². The van der Waals surface area contributed by atoms with Crippen molar-refractivity contribution in [3.8, 4) is 0 Å². The van der Waals surface area contributed by atoms with Crippen LogP contribution in [0.25, 0.3) is 0 Å². The number of benzene rings is 1. The van der Waals surface area contributed by atoms with E-state index >= 15 is 0 Å². The molecule has 2 rings (SSSR count). The lowest BCUT2D eigenvalue weighted by molar-refractivity contribution is 0.100. The van der Waals surface area contributed by atoms with Gasteiger partial charge in [-0.15, -0.1) is 0 Å². The summed E-state index contributed by atoms with van der Waals surface area (Å²) in [6, 6.07) is 3.26. The maximum absolute atomic E-state index is 11.5. The molecule has 0 bridgehead atoms. The third kappa shape index (κ3) is 2.67. The molecule has 1 saturated heterocycles. The number of halogens is 1. The molecule has 4 N–H and O–H groups in total. The van der Waals surface area contributed by atoms with Gasteiger partial charge in [0.15, 0.2) is 0 Å². The van der Waals surface area contributed by atoms with E-state index in [4.69, 9.17) is 23.1 Å². The van der Waals surface area contributed by atoms with E-state index in [-0.39, 0.29) is 0 Å². The number of carbonyl (C=O) groups is 1. The van der Waals surface area contributed by atoms with E-state index in [1.807, 2.05) is 11.8 Å². The molecule has 4 nitrogen and oxygen atoms in total. The fourth-order valence-electron chi connectivity index (χ4n) is 2.15. The Hall–Kier alpha value is -1.07. The second-order valence-corrected chi connectivity index (χ2v) is 6.34. The van der Waals surface area contributed by atoms with Gasteiger partial charge in [-0.3, -0.25) is 4.79 Å². The molecule has 1 fully saturated rings. The topological polar surface area (TPSA) is 72.3 Å². The van der Waals surface area contributed by atoms with Crippen molar-refractivity contribution in [2.45, 2.75) is 12.2 Å². The lowest BCUT2D eigenvalue weighted by Gasteiger charge is -2.34. The van der Waals surface area contributed by atoms with Gasteiger partial charge >= 0.3 is 0 Å². The first kappa shape index (κ1) is 13.4. The first-order valence-corrected chi connectivity index (χ1v) is 7.17. The van der Waals surface area contributed by atoms with Crippen molar-refractivity contribution in [2.75, 3.05) is 29.5 Å². The highest BCUT2D eigenvalue weighted by atomic mass is 35.5. The number of hydrogen-bond acceptors (Lipinski definition) is 4. The van der Waals surface area contributed by atoms with Crippen LogP contribution in [0, 0.1) is 0 Å². The highest BCUT2D eigenvalue weighted by molar-refractivity contribution is 8.00. The largest absolute Gasteiger partial charge is 0.399 e. The molecule has 0 saturated carbocycles. The van der Waals surface area contributed by atoms with Gasteiger partial charge in [0, 0.05) is 29.8 Å². The van der Waals surface area contributed by atoms with Crippen molar-refractivity contribution in [1.82, 2.24) is 0 Å². The van der Waals surface area contributed by atoms with Gasteiger partial charge in [-0.05, 0) is 12.1 Å².